The minimum atomic E-state index is 0.818. The lowest BCUT2D eigenvalue weighted by atomic mass is 10.1. The summed E-state index contributed by atoms with van der Waals surface area (Å²) in [6, 6.07) is 8.08. The molecule has 2 aromatic rings. The molecule has 0 bridgehead atoms. The van der Waals surface area contributed by atoms with Crippen molar-refractivity contribution < 1.29 is 0 Å². The van der Waals surface area contributed by atoms with Crippen LogP contribution in [0.5, 0.6) is 0 Å². The Labute approximate surface area is 95.7 Å². The van der Waals surface area contributed by atoms with Gasteiger partial charge in [-0.25, -0.2) is 0 Å². The number of hydrogen-bond acceptors (Lipinski definition) is 2. The van der Waals surface area contributed by atoms with Crippen molar-refractivity contribution in [1.82, 2.24) is 0 Å². The van der Waals surface area contributed by atoms with Crippen LogP contribution >= 0.6 is 27.3 Å². The van der Waals surface area contributed by atoms with Gasteiger partial charge in [0, 0.05) is 15.0 Å². The first-order valence-corrected chi connectivity index (χ1v) is 5.95. The van der Waals surface area contributed by atoms with Crippen LogP contribution in [0.1, 0.15) is 5.56 Å². The van der Waals surface area contributed by atoms with Gasteiger partial charge in [0.15, 0.2) is 0 Å². The summed E-state index contributed by atoms with van der Waals surface area (Å²) in [4.78, 5) is 1.27. The van der Waals surface area contributed by atoms with Gasteiger partial charge in [0.05, 0.1) is 0 Å². The monoisotopic (exact) mass is 267 g/mol. The SMILES string of the molecule is Cc1cc(N)ccc1-c1sccc1Br. The summed E-state index contributed by atoms with van der Waals surface area (Å²) in [5, 5.41) is 2.08. The molecular formula is C11H10BrNS. The van der Waals surface area contributed by atoms with E-state index in [1.165, 1.54) is 16.0 Å². The van der Waals surface area contributed by atoms with Gasteiger partial charge in [-0.1, -0.05) is 6.07 Å². The molecule has 0 spiro atoms. The van der Waals surface area contributed by atoms with E-state index in [-0.39, 0.29) is 0 Å². The van der Waals surface area contributed by atoms with Gasteiger partial charge in [0.2, 0.25) is 0 Å². The van der Waals surface area contributed by atoms with E-state index in [1.807, 2.05) is 12.1 Å². The molecule has 0 saturated carbocycles. The Morgan fingerprint density at radius 3 is 2.64 bits per heavy atom. The summed E-state index contributed by atoms with van der Waals surface area (Å²) in [5.41, 5.74) is 9.00. The molecule has 0 aliphatic heterocycles. The highest BCUT2D eigenvalue weighted by molar-refractivity contribution is 9.10. The summed E-state index contributed by atoms with van der Waals surface area (Å²) in [5.74, 6) is 0. The molecule has 72 valence electrons. The number of nitrogen functional groups attached to an aromatic ring is 1. The molecular weight excluding hydrogens is 258 g/mol. The Kier molecular flexibility index (Phi) is 2.61. The lowest BCUT2D eigenvalue weighted by Crippen LogP contribution is -1.87. The molecule has 0 aliphatic rings. The molecule has 1 aromatic heterocycles. The fourth-order valence-corrected chi connectivity index (χ4v) is 3.11. The summed E-state index contributed by atoms with van der Waals surface area (Å²) < 4.78 is 1.15. The normalized spacial score (nSPS) is 10.4. The van der Waals surface area contributed by atoms with Gasteiger partial charge < -0.3 is 5.73 Å². The molecule has 2 rings (SSSR count). The average Bonchev–Trinajstić information content (AvgIpc) is 2.52. The van der Waals surface area contributed by atoms with Gasteiger partial charge >= 0.3 is 0 Å². The molecule has 0 amide bonds. The maximum absolute atomic E-state index is 5.71. The molecule has 2 N–H and O–H groups in total. The zero-order valence-electron chi connectivity index (χ0n) is 7.75. The molecule has 1 heterocycles. The molecule has 0 fully saturated rings. The van der Waals surface area contributed by atoms with E-state index < -0.39 is 0 Å². The summed E-state index contributed by atoms with van der Waals surface area (Å²) in [6.07, 6.45) is 0. The van der Waals surface area contributed by atoms with Crippen molar-refractivity contribution in [2.24, 2.45) is 0 Å². The first kappa shape index (κ1) is 9.74. The molecule has 0 aliphatic carbocycles. The van der Waals surface area contributed by atoms with Gasteiger partial charge in [-0.15, -0.1) is 11.3 Å². The molecule has 1 nitrogen and oxygen atoms in total. The minimum Gasteiger partial charge on any atom is -0.399 e. The largest absolute Gasteiger partial charge is 0.399 e. The van der Waals surface area contributed by atoms with Crippen LogP contribution in [0.3, 0.4) is 0 Å². The Balaban J connectivity index is 2.58. The zero-order valence-corrected chi connectivity index (χ0v) is 10.2. The van der Waals surface area contributed by atoms with Gasteiger partial charge in [-0.2, -0.15) is 0 Å². The predicted octanol–water partition coefficient (Wildman–Crippen LogP) is 4.07. The maximum atomic E-state index is 5.71. The molecule has 0 radical (unpaired) electrons. The van der Waals surface area contributed by atoms with Gasteiger partial charge in [0.1, 0.15) is 0 Å². The van der Waals surface area contributed by atoms with Crippen molar-refractivity contribution in [3.8, 4) is 10.4 Å². The number of rotatable bonds is 1. The molecule has 1 aromatic carbocycles. The second-order valence-corrected chi connectivity index (χ2v) is 4.94. The Bertz CT molecular complexity index is 462. The van der Waals surface area contributed by atoms with E-state index in [4.69, 9.17) is 5.73 Å². The van der Waals surface area contributed by atoms with Gasteiger partial charge in [-0.05, 0) is 57.6 Å². The highest BCUT2D eigenvalue weighted by Gasteiger charge is 2.06. The fourth-order valence-electron chi connectivity index (χ4n) is 1.43. The second kappa shape index (κ2) is 3.75. The van der Waals surface area contributed by atoms with Crippen molar-refractivity contribution in [3.63, 3.8) is 0 Å². The average molecular weight is 268 g/mol. The summed E-state index contributed by atoms with van der Waals surface area (Å²) in [7, 11) is 0. The van der Waals surface area contributed by atoms with Crippen molar-refractivity contribution in [3.05, 3.63) is 39.7 Å². The van der Waals surface area contributed by atoms with Crippen LogP contribution in [0.25, 0.3) is 10.4 Å². The van der Waals surface area contributed by atoms with Crippen LogP contribution in [-0.2, 0) is 0 Å². The third-order valence-electron chi connectivity index (χ3n) is 2.11. The third kappa shape index (κ3) is 1.70. The lowest BCUT2D eigenvalue weighted by molar-refractivity contribution is 1.47. The van der Waals surface area contributed by atoms with Crippen molar-refractivity contribution in [2.45, 2.75) is 6.92 Å². The van der Waals surface area contributed by atoms with Crippen LogP contribution in [0.4, 0.5) is 5.69 Å². The predicted molar refractivity (Wildman–Crippen MR) is 66.6 cm³/mol. The third-order valence-corrected chi connectivity index (χ3v) is 3.98. The highest BCUT2D eigenvalue weighted by Crippen LogP contribution is 2.35. The lowest BCUT2D eigenvalue weighted by Gasteiger charge is -2.04. The smallest absolute Gasteiger partial charge is 0.0487 e. The molecule has 14 heavy (non-hydrogen) atoms. The number of anilines is 1. The van der Waals surface area contributed by atoms with E-state index >= 15 is 0 Å². The number of nitrogens with two attached hydrogens (primary N) is 1. The second-order valence-electron chi connectivity index (χ2n) is 3.17. The van der Waals surface area contributed by atoms with Crippen LogP contribution < -0.4 is 5.73 Å². The molecule has 3 heteroatoms. The number of aryl methyl sites for hydroxylation is 1. The van der Waals surface area contributed by atoms with Crippen LogP contribution in [-0.4, -0.2) is 0 Å². The topological polar surface area (TPSA) is 26.0 Å². The van der Waals surface area contributed by atoms with E-state index in [2.05, 4.69) is 40.4 Å². The Hall–Kier alpha value is -0.800. The van der Waals surface area contributed by atoms with E-state index in [0.717, 1.165) is 10.2 Å². The highest BCUT2D eigenvalue weighted by atomic mass is 79.9. The molecule has 0 unspecified atom stereocenters. The summed E-state index contributed by atoms with van der Waals surface area (Å²) >= 11 is 5.27. The quantitative estimate of drug-likeness (QED) is 0.775. The van der Waals surface area contributed by atoms with E-state index in [9.17, 15) is 0 Å². The van der Waals surface area contributed by atoms with Crippen LogP contribution in [0.15, 0.2) is 34.1 Å². The first-order valence-electron chi connectivity index (χ1n) is 4.28. The minimum absolute atomic E-state index is 0.818. The van der Waals surface area contributed by atoms with Crippen LogP contribution in [0.2, 0.25) is 0 Å². The number of benzene rings is 1. The van der Waals surface area contributed by atoms with E-state index in [0.29, 0.717) is 0 Å². The maximum Gasteiger partial charge on any atom is 0.0487 e. The number of thiophene rings is 1. The van der Waals surface area contributed by atoms with Gasteiger partial charge in [0.25, 0.3) is 0 Å². The van der Waals surface area contributed by atoms with Crippen molar-refractivity contribution in [1.29, 1.82) is 0 Å². The molecule has 0 atom stereocenters. The Morgan fingerprint density at radius 1 is 1.29 bits per heavy atom. The van der Waals surface area contributed by atoms with E-state index in [1.54, 1.807) is 11.3 Å². The van der Waals surface area contributed by atoms with Crippen LogP contribution in [0, 0.1) is 6.92 Å². The Morgan fingerprint density at radius 2 is 2.07 bits per heavy atom. The van der Waals surface area contributed by atoms with Crippen molar-refractivity contribution >= 4 is 33.0 Å². The number of halogens is 1. The number of hydrogen-bond donors (Lipinski definition) is 1. The first-order chi connectivity index (χ1) is 6.68. The molecule has 0 saturated heterocycles. The van der Waals surface area contributed by atoms with Crippen molar-refractivity contribution in [2.75, 3.05) is 5.73 Å². The summed E-state index contributed by atoms with van der Waals surface area (Å²) in [6.45, 7) is 2.08. The standard InChI is InChI=1S/C11H10BrNS/c1-7-6-8(13)2-3-9(7)11-10(12)4-5-14-11/h2-6H,13H2,1H3. The zero-order chi connectivity index (χ0) is 10.1. The fraction of sp³-hybridized carbons (Fsp3) is 0.0909. The van der Waals surface area contributed by atoms with Gasteiger partial charge in [-0.3, -0.25) is 0 Å².